The Bertz CT molecular complexity index is 256. The van der Waals surface area contributed by atoms with Crippen LogP contribution in [-0.2, 0) is 14.4 Å². The van der Waals surface area contributed by atoms with Gasteiger partial charge in [-0.05, 0) is 19.4 Å². The molecule has 0 aromatic rings. The van der Waals surface area contributed by atoms with Gasteiger partial charge in [0.05, 0.1) is 0 Å². The van der Waals surface area contributed by atoms with Crippen molar-refractivity contribution < 1.29 is 14.4 Å². The summed E-state index contributed by atoms with van der Waals surface area (Å²) in [6.07, 6.45) is 3.73. The van der Waals surface area contributed by atoms with Crippen LogP contribution in [0.1, 0.15) is 32.6 Å². The van der Waals surface area contributed by atoms with Crippen LogP contribution in [0.5, 0.6) is 0 Å². The van der Waals surface area contributed by atoms with Gasteiger partial charge in [0, 0.05) is 13.1 Å². The van der Waals surface area contributed by atoms with Crippen LogP contribution in [0.25, 0.3) is 0 Å². The summed E-state index contributed by atoms with van der Waals surface area (Å²) in [5.74, 6) is -1.55. The fraction of sp³-hybridized carbons (Fsp3) is 0.727. The fourth-order valence-electron chi connectivity index (χ4n) is 1.25. The number of hydrogen-bond donors (Lipinski definition) is 2. The number of hydrogen-bond acceptors (Lipinski definition) is 4. The van der Waals surface area contributed by atoms with E-state index in [1.54, 1.807) is 0 Å². The lowest BCUT2D eigenvalue weighted by Crippen LogP contribution is -2.43. The van der Waals surface area contributed by atoms with Gasteiger partial charge in [-0.15, -0.1) is 0 Å². The topological polar surface area (TPSA) is 92.5 Å². The number of carbonyl (C=O) groups is 3. The number of rotatable bonds is 8. The summed E-state index contributed by atoms with van der Waals surface area (Å²) in [7, 11) is 0. The fourth-order valence-corrected chi connectivity index (χ4v) is 1.25. The molecule has 6 nitrogen and oxygen atoms in total. The van der Waals surface area contributed by atoms with E-state index in [4.69, 9.17) is 5.73 Å². The molecule has 0 fully saturated rings. The maximum Gasteiger partial charge on any atom is 0.318 e. The van der Waals surface area contributed by atoms with Crippen LogP contribution in [0, 0.1) is 0 Å². The molecule has 0 bridgehead atoms. The first kappa shape index (κ1) is 15.6. The molecule has 0 rings (SSSR count). The monoisotopic (exact) mass is 243 g/mol. The van der Waals surface area contributed by atoms with Crippen molar-refractivity contribution in [1.82, 2.24) is 10.2 Å². The van der Waals surface area contributed by atoms with Crippen LogP contribution in [-0.4, -0.2) is 42.8 Å². The van der Waals surface area contributed by atoms with Crippen molar-refractivity contribution in [3.63, 3.8) is 0 Å². The first-order valence-corrected chi connectivity index (χ1v) is 5.91. The molecular weight excluding hydrogens is 222 g/mol. The maximum atomic E-state index is 11.5. The second kappa shape index (κ2) is 9.77. The van der Waals surface area contributed by atoms with Crippen LogP contribution >= 0.6 is 0 Å². The highest BCUT2D eigenvalue weighted by Gasteiger charge is 2.20. The second-order valence-electron chi connectivity index (χ2n) is 3.71. The Morgan fingerprint density at radius 1 is 1.29 bits per heavy atom. The Kier molecular flexibility index (Phi) is 8.95. The standard InChI is InChI=1S/C11H21N3O3/c1-2-3-4-7-13-10(16)11(17)14(9-15)8-5-6-12/h9H,2-8,12H2,1H3,(H,13,16). The lowest BCUT2D eigenvalue weighted by atomic mass is 10.2. The Labute approximate surface area is 102 Å². The predicted molar refractivity (Wildman–Crippen MR) is 64.0 cm³/mol. The minimum Gasteiger partial charge on any atom is -0.348 e. The molecule has 0 saturated heterocycles. The van der Waals surface area contributed by atoms with Crippen molar-refractivity contribution >= 4 is 18.2 Å². The third-order valence-corrected chi connectivity index (χ3v) is 2.25. The van der Waals surface area contributed by atoms with Gasteiger partial charge in [-0.25, -0.2) is 0 Å². The highest BCUT2D eigenvalue weighted by molar-refractivity contribution is 6.36. The average Bonchev–Trinajstić information content (AvgIpc) is 2.35. The summed E-state index contributed by atoms with van der Waals surface area (Å²) in [4.78, 5) is 34.3. The Morgan fingerprint density at radius 2 is 2.00 bits per heavy atom. The molecule has 3 N–H and O–H groups in total. The number of nitrogens with zero attached hydrogens (tertiary/aromatic N) is 1. The summed E-state index contributed by atoms with van der Waals surface area (Å²) in [6, 6.07) is 0. The maximum absolute atomic E-state index is 11.5. The van der Waals surface area contributed by atoms with Gasteiger partial charge in [-0.1, -0.05) is 19.8 Å². The van der Waals surface area contributed by atoms with Crippen molar-refractivity contribution in [3.8, 4) is 0 Å². The number of carbonyl (C=O) groups excluding carboxylic acids is 3. The van der Waals surface area contributed by atoms with E-state index in [0.717, 1.165) is 24.2 Å². The van der Waals surface area contributed by atoms with E-state index in [2.05, 4.69) is 5.32 Å². The van der Waals surface area contributed by atoms with E-state index < -0.39 is 11.8 Å². The molecule has 0 spiro atoms. The zero-order valence-electron chi connectivity index (χ0n) is 10.3. The van der Waals surface area contributed by atoms with Gasteiger partial charge in [-0.2, -0.15) is 0 Å². The Balaban J connectivity index is 3.99. The van der Waals surface area contributed by atoms with Gasteiger partial charge in [0.1, 0.15) is 0 Å². The minimum absolute atomic E-state index is 0.182. The minimum atomic E-state index is -0.815. The summed E-state index contributed by atoms with van der Waals surface area (Å²) >= 11 is 0. The molecule has 3 amide bonds. The lowest BCUT2D eigenvalue weighted by molar-refractivity contribution is -0.148. The zero-order chi connectivity index (χ0) is 13.1. The molecule has 6 heteroatoms. The molecule has 0 heterocycles. The molecule has 0 aliphatic heterocycles. The van der Waals surface area contributed by atoms with E-state index in [-0.39, 0.29) is 6.54 Å². The largest absolute Gasteiger partial charge is 0.348 e. The van der Waals surface area contributed by atoms with E-state index >= 15 is 0 Å². The first-order valence-electron chi connectivity index (χ1n) is 5.91. The summed E-state index contributed by atoms with van der Waals surface area (Å²) in [5.41, 5.74) is 5.27. The van der Waals surface area contributed by atoms with Gasteiger partial charge >= 0.3 is 11.8 Å². The number of imide groups is 1. The highest BCUT2D eigenvalue weighted by Crippen LogP contribution is 1.92. The number of nitrogens with one attached hydrogen (secondary N) is 1. The third kappa shape index (κ3) is 6.68. The summed E-state index contributed by atoms with van der Waals surface area (Å²) in [5, 5.41) is 2.49. The summed E-state index contributed by atoms with van der Waals surface area (Å²) < 4.78 is 0. The van der Waals surface area contributed by atoms with E-state index in [0.29, 0.717) is 25.9 Å². The van der Waals surface area contributed by atoms with Crippen molar-refractivity contribution in [2.24, 2.45) is 5.73 Å². The average molecular weight is 243 g/mol. The molecular formula is C11H21N3O3. The molecule has 0 saturated carbocycles. The molecule has 0 aromatic heterocycles. The van der Waals surface area contributed by atoms with Crippen LogP contribution in [0.15, 0.2) is 0 Å². The number of unbranched alkanes of at least 4 members (excludes halogenated alkanes) is 2. The van der Waals surface area contributed by atoms with Gasteiger partial charge in [-0.3, -0.25) is 19.3 Å². The smallest absolute Gasteiger partial charge is 0.318 e. The Hall–Kier alpha value is -1.43. The Morgan fingerprint density at radius 3 is 2.53 bits per heavy atom. The molecule has 0 unspecified atom stereocenters. The molecule has 98 valence electrons. The van der Waals surface area contributed by atoms with Gasteiger partial charge in [0.2, 0.25) is 6.41 Å². The second-order valence-corrected chi connectivity index (χ2v) is 3.71. The first-order chi connectivity index (χ1) is 8.17. The molecule has 17 heavy (non-hydrogen) atoms. The number of amides is 3. The molecule has 0 aliphatic rings. The van der Waals surface area contributed by atoms with Crippen molar-refractivity contribution in [2.75, 3.05) is 19.6 Å². The van der Waals surface area contributed by atoms with E-state index in [1.807, 2.05) is 6.92 Å². The SMILES string of the molecule is CCCCCNC(=O)C(=O)N(C=O)CCCN. The van der Waals surface area contributed by atoms with Gasteiger partial charge < -0.3 is 11.1 Å². The lowest BCUT2D eigenvalue weighted by Gasteiger charge is -2.14. The van der Waals surface area contributed by atoms with Crippen LogP contribution in [0.2, 0.25) is 0 Å². The van der Waals surface area contributed by atoms with Crippen molar-refractivity contribution in [3.05, 3.63) is 0 Å². The third-order valence-electron chi connectivity index (χ3n) is 2.25. The van der Waals surface area contributed by atoms with Gasteiger partial charge in [0.25, 0.3) is 0 Å². The molecule has 0 aliphatic carbocycles. The van der Waals surface area contributed by atoms with Crippen LogP contribution in [0.3, 0.4) is 0 Å². The molecule has 0 atom stereocenters. The zero-order valence-corrected chi connectivity index (χ0v) is 10.3. The molecule has 0 radical (unpaired) electrons. The van der Waals surface area contributed by atoms with Crippen molar-refractivity contribution in [1.29, 1.82) is 0 Å². The summed E-state index contributed by atoms with van der Waals surface area (Å²) in [6.45, 7) is 3.06. The highest BCUT2D eigenvalue weighted by atomic mass is 16.2. The van der Waals surface area contributed by atoms with Crippen LogP contribution < -0.4 is 11.1 Å². The van der Waals surface area contributed by atoms with Crippen LogP contribution in [0.4, 0.5) is 0 Å². The predicted octanol–water partition coefficient (Wildman–Crippen LogP) is -0.373. The van der Waals surface area contributed by atoms with Crippen molar-refractivity contribution in [2.45, 2.75) is 32.6 Å². The van der Waals surface area contributed by atoms with Gasteiger partial charge in [0.15, 0.2) is 0 Å². The quantitative estimate of drug-likeness (QED) is 0.345. The van der Waals surface area contributed by atoms with E-state index in [9.17, 15) is 14.4 Å². The number of nitrogens with two attached hydrogens (primary N) is 1. The molecule has 0 aromatic carbocycles. The van der Waals surface area contributed by atoms with E-state index in [1.165, 1.54) is 0 Å². The normalized spacial score (nSPS) is 9.76.